The third-order valence-electron chi connectivity index (χ3n) is 3.55. The Morgan fingerprint density at radius 2 is 1.48 bits per heavy atom. The van der Waals surface area contributed by atoms with Crippen molar-refractivity contribution in [3.05, 3.63) is 0 Å². The Morgan fingerprint density at radius 1 is 0.905 bits per heavy atom. The molecule has 0 saturated carbocycles. The number of hydrogen-bond acceptors (Lipinski definition) is 2. The van der Waals surface area contributed by atoms with Crippen LogP contribution >= 0.6 is 0 Å². The summed E-state index contributed by atoms with van der Waals surface area (Å²) in [7, 11) is 0. The fourth-order valence-corrected chi connectivity index (χ4v) is 2.26. The smallest absolute Gasteiger partial charge is 0.223 e. The van der Waals surface area contributed by atoms with Gasteiger partial charge < -0.3 is 10.2 Å². The summed E-state index contributed by atoms with van der Waals surface area (Å²) in [5.41, 5.74) is 0.0866. The minimum Gasteiger partial charge on any atom is -0.343 e. The molecule has 0 spiro atoms. The third kappa shape index (κ3) is 12.9. The highest BCUT2D eigenvalue weighted by Crippen LogP contribution is 2.20. The molecule has 0 rings (SSSR count). The molecule has 126 valence electrons. The molecule has 1 N–H and O–H groups in total. The number of carbonyl (C=O) groups excluding carboxylic acids is 1. The van der Waals surface area contributed by atoms with Gasteiger partial charge in [-0.1, -0.05) is 47.5 Å². The molecule has 0 bridgehead atoms. The molecule has 0 aliphatic carbocycles. The van der Waals surface area contributed by atoms with Gasteiger partial charge in [0.1, 0.15) is 0 Å². The van der Waals surface area contributed by atoms with Crippen molar-refractivity contribution < 1.29 is 4.79 Å². The summed E-state index contributed by atoms with van der Waals surface area (Å²) in [6, 6.07) is 0. The summed E-state index contributed by atoms with van der Waals surface area (Å²) in [4.78, 5) is 14.5. The van der Waals surface area contributed by atoms with E-state index in [9.17, 15) is 4.79 Å². The minimum atomic E-state index is 0.0866. The van der Waals surface area contributed by atoms with Gasteiger partial charge in [0.05, 0.1) is 0 Å². The molecule has 0 aromatic heterocycles. The highest BCUT2D eigenvalue weighted by atomic mass is 16.2. The topological polar surface area (TPSA) is 32.3 Å². The molecule has 0 aromatic carbocycles. The van der Waals surface area contributed by atoms with E-state index in [1.165, 1.54) is 12.8 Å². The highest BCUT2D eigenvalue weighted by molar-refractivity contribution is 5.76. The quantitative estimate of drug-likeness (QED) is 0.547. The maximum Gasteiger partial charge on any atom is 0.223 e. The molecule has 0 unspecified atom stereocenters. The van der Waals surface area contributed by atoms with E-state index in [2.05, 4.69) is 44.8 Å². The number of nitrogens with one attached hydrogen (secondary N) is 1. The summed E-state index contributed by atoms with van der Waals surface area (Å²) in [5, 5.41) is 3.47. The molecule has 0 aromatic rings. The van der Waals surface area contributed by atoms with Gasteiger partial charge in [-0.3, -0.25) is 4.79 Å². The van der Waals surface area contributed by atoms with Crippen molar-refractivity contribution in [2.45, 2.75) is 79.6 Å². The lowest BCUT2D eigenvalue weighted by Crippen LogP contribution is -2.35. The molecule has 1 amide bonds. The van der Waals surface area contributed by atoms with Gasteiger partial charge >= 0.3 is 0 Å². The zero-order chi connectivity index (χ0) is 16.1. The van der Waals surface area contributed by atoms with Gasteiger partial charge in [0.15, 0.2) is 0 Å². The van der Waals surface area contributed by atoms with E-state index < -0.39 is 0 Å². The first-order chi connectivity index (χ1) is 9.90. The second-order valence-electron chi connectivity index (χ2n) is 7.28. The van der Waals surface area contributed by atoms with Crippen LogP contribution in [0.1, 0.15) is 79.6 Å². The number of hydrogen-bond donors (Lipinski definition) is 1. The normalized spacial score (nSPS) is 11.7. The van der Waals surface area contributed by atoms with E-state index in [-0.39, 0.29) is 5.41 Å². The molecule has 21 heavy (non-hydrogen) atoms. The van der Waals surface area contributed by atoms with Gasteiger partial charge in [0.25, 0.3) is 0 Å². The van der Waals surface area contributed by atoms with Crippen LogP contribution in [0.15, 0.2) is 0 Å². The first kappa shape index (κ1) is 20.4. The highest BCUT2D eigenvalue weighted by Gasteiger charge is 2.20. The molecular weight excluding hydrogens is 260 g/mol. The van der Waals surface area contributed by atoms with Crippen LogP contribution in [0.4, 0.5) is 0 Å². The number of rotatable bonds is 12. The number of nitrogens with zero attached hydrogens (tertiary/aromatic N) is 1. The molecular formula is C18H38N2O. The van der Waals surface area contributed by atoms with Crippen LogP contribution < -0.4 is 5.32 Å². The molecule has 0 atom stereocenters. The lowest BCUT2D eigenvalue weighted by Gasteiger charge is -2.26. The predicted octanol–water partition coefficient (Wildman–Crippen LogP) is 4.22. The Kier molecular flexibility index (Phi) is 11.7. The van der Waals surface area contributed by atoms with Gasteiger partial charge in [-0.05, 0) is 44.2 Å². The van der Waals surface area contributed by atoms with Crippen LogP contribution in [0.5, 0.6) is 0 Å². The average Bonchev–Trinajstić information content (AvgIpc) is 2.39. The van der Waals surface area contributed by atoms with Crippen LogP contribution in [0.2, 0.25) is 0 Å². The number of amides is 1. The molecule has 0 radical (unpaired) electrons. The van der Waals surface area contributed by atoms with Crippen molar-refractivity contribution in [1.82, 2.24) is 10.2 Å². The summed E-state index contributed by atoms with van der Waals surface area (Å²) in [5.74, 6) is 0.329. The molecule has 3 heteroatoms. The molecule has 3 nitrogen and oxygen atoms in total. The van der Waals surface area contributed by atoms with Gasteiger partial charge in [-0.15, -0.1) is 0 Å². The van der Waals surface area contributed by atoms with E-state index in [4.69, 9.17) is 0 Å². The second kappa shape index (κ2) is 12.0. The Bertz CT molecular complexity index is 258. The Balaban J connectivity index is 3.98. The zero-order valence-electron chi connectivity index (χ0n) is 15.1. The van der Waals surface area contributed by atoms with E-state index in [0.29, 0.717) is 12.3 Å². The number of unbranched alkanes of at least 4 members (excludes halogenated alkanes) is 3. The largest absolute Gasteiger partial charge is 0.343 e. The van der Waals surface area contributed by atoms with Crippen molar-refractivity contribution in [3.63, 3.8) is 0 Å². The van der Waals surface area contributed by atoms with E-state index in [1.807, 2.05) is 0 Å². The van der Waals surface area contributed by atoms with Crippen molar-refractivity contribution >= 4 is 5.91 Å². The Labute approximate surface area is 132 Å². The predicted molar refractivity (Wildman–Crippen MR) is 92.6 cm³/mol. The van der Waals surface area contributed by atoms with Crippen molar-refractivity contribution in [2.75, 3.05) is 26.2 Å². The van der Waals surface area contributed by atoms with Crippen LogP contribution in [0, 0.1) is 5.41 Å². The minimum absolute atomic E-state index is 0.0866. The van der Waals surface area contributed by atoms with E-state index >= 15 is 0 Å². The lowest BCUT2D eigenvalue weighted by molar-refractivity contribution is -0.133. The van der Waals surface area contributed by atoms with Gasteiger partial charge in [0.2, 0.25) is 5.91 Å². The molecule has 0 aliphatic heterocycles. The second-order valence-corrected chi connectivity index (χ2v) is 7.28. The number of carbonyl (C=O) groups is 1. The molecule has 0 fully saturated rings. The first-order valence-electron chi connectivity index (χ1n) is 8.89. The van der Waals surface area contributed by atoms with Crippen LogP contribution in [0.3, 0.4) is 0 Å². The maximum atomic E-state index is 12.4. The summed E-state index contributed by atoms with van der Waals surface area (Å²) < 4.78 is 0. The third-order valence-corrected chi connectivity index (χ3v) is 3.55. The SMILES string of the molecule is CCCCNCCCCN(CCCC)C(=O)CC(C)(C)C. The summed E-state index contributed by atoms with van der Waals surface area (Å²) >= 11 is 0. The van der Waals surface area contributed by atoms with Crippen molar-refractivity contribution in [3.8, 4) is 0 Å². The Hall–Kier alpha value is -0.570. The Morgan fingerprint density at radius 3 is 2.05 bits per heavy atom. The monoisotopic (exact) mass is 298 g/mol. The van der Waals surface area contributed by atoms with Crippen LogP contribution in [-0.2, 0) is 4.79 Å². The lowest BCUT2D eigenvalue weighted by atomic mass is 9.91. The summed E-state index contributed by atoms with van der Waals surface area (Å²) in [6.45, 7) is 14.9. The standard InChI is InChI=1S/C18H38N2O/c1-6-8-12-19-13-10-11-15-20(14-9-7-2)17(21)16-18(3,4)5/h19H,6-16H2,1-5H3. The van der Waals surface area contributed by atoms with Crippen molar-refractivity contribution in [2.24, 2.45) is 5.41 Å². The zero-order valence-corrected chi connectivity index (χ0v) is 15.1. The average molecular weight is 299 g/mol. The molecule has 0 aliphatic rings. The van der Waals surface area contributed by atoms with Gasteiger partial charge in [-0.2, -0.15) is 0 Å². The van der Waals surface area contributed by atoms with E-state index in [0.717, 1.165) is 51.9 Å². The van der Waals surface area contributed by atoms with Crippen LogP contribution in [-0.4, -0.2) is 37.0 Å². The molecule has 0 heterocycles. The first-order valence-corrected chi connectivity index (χ1v) is 8.89. The molecule has 0 saturated heterocycles. The maximum absolute atomic E-state index is 12.4. The van der Waals surface area contributed by atoms with Crippen molar-refractivity contribution in [1.29, 1.82) is 0 Å². The van der Waals surface area contributed by atoms with Gasteiger partial charge in [0, 0.05) is 19.5 Å². The fourth-order valence-electron chi connectivity index (χ4n) is 2.26. The summed E-state index contributed by atoms with van der Waals surface area (Å²) in [6.07, 6.45) is 7.70. The van der Waals surface area contributed by atoms with E-state index in [1.54, 1.807) is 0 Å². The van der Waals surface area contributed by atoms with Crippen LogP contribution in [0.25, 0.3) is 0 Å². The van der Waals surface area contributed by atoms with Gasteiger partial charge in [-0.25, -0.2) is 0 Å². The fraction of sp³-hybridized carbons (Fsp3) is 0.944.